The van der Waals surface area contributed by atoms with E-state index in [2.05, 4.69) is 4.72 Å². The Morgan fingerprint density at radius 3 is 2.43 bits per heavy atom. The minimum absolute atomic E-state index is 0.102. The van der Waals surface area contributed by atoms with Crippen molar-refractivity contribution in [1.29, 1.82) is 0 Å². The molecule has 0 aromatic carbocycles. The second-order valence-electron chi connectivity index (χ2n) is 4.50. The average molecular weight is 238 g/mol. The summed E-state index contributed by atoms with van der Waals surface area (Å²) in [5.41, 5.74) is 0.198. The number of sulfonamides is 1. The standard InChI is InChI=1S/C9H16ClNO2S/c10-6-5-9(3-4-9)7-11-14(12,13)8-1-2-8/h8,11H,1-7H2. The Bertz CT molecular complexity index is 307. The van der Waals surface area contributed by atoms with Gasteiger partial charge in [-0.15, -0.1) is 11.6 Å². The molecule has 0 heterocycles. The lowest BCUT2D eigenvalue weighted by atomic mass is 10.1. The zero-order valence-electron chi connectivity index (χ0n) is 8.13. The summed E-state index contributed by atoms with van der Waals surface area (Å²) >= 11 is 5.67. The molecule has 0 saturated heterocycles. The maximum absolute atomic E-state index is 11.5. The Kier molecular flexibility index (Phi) is 2.79. The zero-order chi connectivity index (χ0) is 10.2. The summed E-state index contributed by atoms with van der Waals surface area (Å²) in [6.07, 6.45) is 4.83. The van der Waals surface area contributed by atoms with Crippen LogP contribution in [0.1, 0.15) is 32.1 Å². The molecule has 2 fully saturated rings. The topological polar surface area (TPSA) is 46.2 Å². The molecule has 14 heavy (non-hydrogen) atoms. The quantitative estimate of drug-likeness (QED) is 0.712. The molecule has 2 aliphatic carbocycles. The number of nitrogens with one attached hydrogen (secondary N) is 1. The predicted octanol–water partition coefficient (Wildman–Crippen LogP) is 1.48. The van der Waals surface area contributed by atoms with Gasteiger partial charge in [-0.3, -0.25) is 0 Å². The smallest absolute Gasteiger partial charge is 0.214 e. The maximum Gasteiger partial charge on any atom is 0.214 e. The van der Waals surface area contributed by atoms with Crippen LogP contribution in [0.5, 0.6) is 0 Å². The van der Waals surface area contributed by atoms with Crippen molar-refractivity contribution in [2.45, 2.75) is 37.4 Å². The van der Waals surface area contributed by atoms with Crippen LogP contribution in [0.2, 0.25) is 0 Å². The highest BCUT2D eigenvalue weighted by atomic mass is 35.5. The SMILES string of the molecule is O=S(=O)(NCC1(CCCl)CC1)C1CC1. The average Bonchev–Trinajstić information content (AvgIpc) is 2.98. The lowest BCUT2D eigenvalue weighted by molar-refractivity contribution is 0.477. The second kappa shape index (κ2) is 3.65. The van der Waals surface area contributed by atoms with Gasteiger partial charge in [0.05, 0.1) is 5.25 Å². The van der Waals surface area contributed by atoms with Gasteiger partial charge >= 0.3 is 0 Å². The molecule has 5 heteroatoms. The van der Waals surface area contributed by atoms with Gasteiger partial charge in [-0.1, -0.05) is 0 Å². The Hall–Kier alpha value is 0.200. The predicted molar refractivity (Wildman–Crippen MR) is 56.9 cm³/mol. The molecule has 0 aromatic heterocycles. The summed E-state index contributed by atoms with van der Waals surface area (Å²) < 4.78 is 25.8. The van der Waals surface area contributed by atoms with Gasteiger partial charge in [0, 0.05) is 12.4 Å². The van der Waals surface area contributed by atoms with Crippen LogP contribution >= 0.6 is 11.6 Å². The molecule has 0 aliphatic heterocycles. The number of rotatable bonds is 6. The summed E-state index contributed by atoms with van der Waals surface area (Å²) in [6.45, 7) is 0.596. The Morgan fingerprint density at radius 1 is 1.36 bits per heavy atom. The summed E-state index contributed by atoms with van der Waals surface area (Å²) in [4.78, 5) is 0. The first-order valence-corrected chi connectivity index (χ1v) is 7.21. The largest absolute Gasteiger partial charge is 0.214 e. The minimum atomic E-state index is -2.99. The highest BCUT2D eigenvalue weighted by Crippen LogP contribution is 2.48. The van der Waals surface area contributed by atoms with Crippen LogP contribution in [0.3, 0.4) is 0 Å². The van der Waals surface area contributed by atoms with E-state index in [-0.39, 0.29) is 10.7 Å². The molecular formula is C9H16ClNO2S. The van der Waals surface area contributed by atoms with Crippen molar-refractivity contribution in [1.82, 2.24) is 4.72 Å². The van der Waals surface area contributed by atoms with Crippen molar-refractivity contribution in [3.8, 4) is 0 Å². The van der Waals surface area contributed by atoms with Crippen LogP contribution in [-0.4, -0.2) is 26.1 Å². The molecule has 0 amide bonds. The van der Waals surface area contributed by atoms with E-state index < -0.39 is 10.0 Å². The van der Waals surface area contributed by atoms with Crippen molar-refractivity contribution in [2.24, 2.45) is 5.41 Å². The van der Waals surface area contributed by atoms with Gasteiger partial charge in [0.1, 0.15) is 0 Å². The molecule has 1 N–H and O–H groups in total. The molecule has 0 unspecified atom stereocenters. The van der Waals surface area contributed by atoms with Crippen LogP contribution in [0, 0.1) is 5.41 Å². The van der Waals surface area contributed by atoms with Crippen LogP contribution in [0.25, 0.3) is 0 Å². The monoisotopic (exact) mass is 237 g/mol. The lowest BCUT2D eigenvalue weighted by Gasteiger charge is -2.14. The Morgan fingerprint density at radius 2 is 2.00 bits per heavy atom. The molecule has 0 bridgehead atoms. The summed E-state index contributed by atoms with van der Waals surface area (Å²) in [6, 6.07) is 0. The third kappa shape index (κ3) is 2.41. The lowest BCUT2D eigenvalue weighted by Crippen LogP contribution is -2.32. The van der Waals surface area contributed by atoms with Crippen LogP contribution < -0.4 is 4.72 Å². The van der Waals surface area contributed by atoms with Gasteiger partial charge in [-0.25, -0.2) is 13.1 Å². The summed E-state index contributed by atoms with van der Waals surface area (Å²) in [5, 5.41) is -0.102. The van der Waals surface area contributed by atoms with E-state index >= 15 is 0 Å². The first-order chi connectivity index (χ1) is 6.58. The molecule has 0 spiro atoms. The van der Waals surface area contributed by atoms with Gasteiger partial charge in [0.2, 0.25) is 10.0 Å². The summed E-state index contributed by atoms with van der Waals surface area (Å²) in [5.74, 6) is 0.630. The number of hydrogen-bond donors (Lipinski definition) is 1. The van der Waals surface area contributed by atoms with E-state index in [4.69, 9.17) is 11.6 Å². The molecule has 2 rings (SSSR count). The third-order valence-corrected chi connectivity index (χ3v) is 5.28. The molecule has 2 aliphatic rings. The molecular weight excluding hydrogens is 222 g/mol. The van der Waals surface area contributed by atoms with Crippen molar-refractivity contribution >= 4 is 21.6 Å². The van der Waals surface area contributed by atoms with Crippen molar-refractivity contribution < 1.29 is 8.42 Å². The van der Waals surface area contributed by atoms with Crippen molar-refractivity contribution in [2.75, 3.05) is 12.4 Å². The normalized spacial score (nSPS) is 24.9. The second-order valence-corrected chi connectivity index (χ2v) is 6.93. The Labute approximate surface area is 90.3 Å². The highest BCUT2D eigenvalue weighted by Gasteiger charge is 2.44. The minimum Gasteiger partial charge on any atom is -0.214 e. The third-order valence-electron chi connectivity index (χ3n) is 3.19. The van der Waals surface area contributed by atoms with Crippen LogP contribution in [0.4, 0.5) is 0 Å². The van der Waals surface area contributed by atoms with E-state index in [0.717, 1.165) is 32.1 Å². The summed E-state index contributed by atoms with van der Waals surface area (Å²) in [7, 11) is -2.99. The van der Waals surface area contributed by atoms with Crippen molar-refractivity contribution in [3.05, 3.63) is 0 Å². The zero-order valence-corrected chi connectivity index (χ0v) is 9.70. The highest BCUT2D eigenvalue weighted by molar-refractivity contribution is 7.90. The van der Waals surface area contributed by atoms with Gasteiger partial charge in [0.25, 0.3) is 0 Å². The van der Waals surface area contributed by atoms with Gasteiger partial charge in [0.15, 0.2) is 0 Å². The van der Waals surface area contributed by atoms with Gasteiger partial charge in [-0.05, 0) is 37.5 Å². The van der Waals surface area contributed by atoms with Crippen LogP contribution in [0.15, 0.2) is 0 Å². The van der Waals surface area contributed by atoms with E-state index in [1.54, 1.807) is 0 Å². The Balaban J connectivity index is 1.82. The molecule has 82 valence electrons. The molecule has 2 saturated carbocycles. The van der Waals surface area contributed by atoms with Crippen LogP contribution in [-0.2, 0) is 10.0 Å². The fraction of sp³-hybridized carbons (Fsp3) is 1.00. The number of alkyl halides is 1. The number of halogens is 1. The first kappa shape index (κ1) is 10.7. The van der Waals surface area contributed by atoms with E-state index in [0.29, 0.717) is 12.4 Å². The molecule has 0 radical (unpaired) electrons. The number of hydrogen-bond acceptors (Lipinski definition) is 2. The van der Waals surface area contributed by atoms with E-state index in [1.807, 2.05) is 0 Å². The van der Waals surface area contributed by atoms with Gasteiger partial charge < -0.3 is 0 Å². The van der Waals surface area contributed by atoms with Crippen molar-refractivity contribution in [3.63, 3.8) is 0 Å². The van der Waals surface area contributed by atoms with Gasteiger partial charge in [-0.2, -0.15) is 0 Å². The fourth-order valence-electron chi connectivity index (χ4n) is 1.64. The van der Waals surface area contributed by atoms with E-state index in [1.165, 1.54) is 0 Å². The molecule has 3 nitrogen and oxygen atoms in total. The van der Waals surface area contributed by atoms with E-state index in [9.17, 15) is 8.42 Å². The first-order valence-electron chi connectivity index (χ1n) is 5.12. The maximum atomic E-state index is 11.5. The molecule has 0 aromatic rings. The molecule has 0 atom stereocenters. The fourth-order valence-corrected chi connectivity index (χ4v) is 3.54.